The van der Waals surface area contributed by atoms with E-state index in [0.29, 0.717) is 6.42 Å². The van der Waals surface area contributed by atoms with Crippen molar-refractivity contribution in [1.82, 2.24) is 4.90 Å². The molecule has 0 saturated carbocycles. The Morgan fingerprint density at radius 2 is 1.85 bits per heavy atom. The van der Waals surface area contributed by atoms with Gasteiger partial charge in [0.25, 0.3) is 0 Å². The van der Waals surface area contributed by atoms with E-state index < -0.39 is 12.1 Å². The van der Waals surface area contributed by atoms with Gasteiger partial charge in [0.2, 0.25) is 0 Å². The lowest BCUT2D eigenvalue weighted by atomic mass is 10.2. The molecule has 0 bridgehead atoms. The van der Waals surface area contributed by atoms with Crippen LogP contribution in [0.5, 0.6) is 0 Å². The molecule has 0 aromatic carbocycles. The molecule has 0 N–H and O–H groups in total. The summed E-state index contributed by atoms with van der Waals surface area (Å²) in [7, 11) is 0. The van der Waals surface area contributed by atoms with Gasteiger partial charge in [-0.05, 0) is 20.3 Å². The number of nitrogens with zero attached hydrogens (tertiary/aromatic N) is 1. The first-order valence-electron chi connectivity index (χ1n) is 4.22. The van der Waals surface area contributed by atoms with Gasteiger partial charge in [0.1, 0.15) is 0 Å². The van der Waals surface area contributed by atoms with Crippen LogP contribution in [0, 0.1) is 0 Å². The van der Waals surface area contributed by atoms with E-state index in [2.05, 4.69) is 0 Å². The monoisotopic (exact) mass is 197 g/mol. The van der Waals surface area contributed by atoms with Crippen LogP contribution in [0.3, 0.4) is 0 Å². The summed E-state index contributed by atoms with van der Waals surface area (Å²) in [6.45, 7) is 4.98. The Bertz CT molecular complexity index is 179. The highest BCUT2D eigenvalue weighted by Gasteiger charge is 2.42. The van der Waals surface area contributed by atoms with Crippen molar-refractivity contribution in [2.45, 2.75) is 39.4 Å². The predicted octanol–water partition coefficient (Wildman–Crippen LogP) is 2.20. The predicted molar refractivity (Wildman–Crippen MR) is 43.2 cm³/mol. The van der Waals surface area contributed by atoms with Gasteiger partial charge in [-0.15, -0.1) is 0 Å². The van der Waals surface area contributed by atoms with Crippen LogP contribution in [-0.4, -0.2) is 29.6 Å². The van der Waals surface area contributed by atoms with E-state index in [4.69, 9.17) is 0 Å². The van der Waals surface area contributed by atoms with Crippen molar-refractivity contribution < 1.29 is 18.0 Å². The third-order valence-electron chi connectivity index (χ3n) is 1.97. The van der Waals surface area contributed by atoms with Crippen LogP contribution in [0.15, 0.2) is 0 Å². The summed E-state index contributed by atoms with van der Waals surface area (Å²) >= 11 is 0. The van der Waals surface area contributed by atoms with Gasteiger partial charge in [-0.3, -0.25) is 4.79 Å². The first-order chi connectivity index (χ1) is 5.84. The number of carbonyl (C=O) groups excluding carboxylic acids is 1. The number of halogens is 3. The molecule has 0 saturated heterocycles. The van der Waals surface area contributed by atoms with Crippen LogP contribution in [0.2, 0.25) is 0 Å². The topological polar surface area (TPSA) is 20.3 Å². The fourth-order valence-electron chi connectivity index (χ4n) is 1.04. The lowest BCUT2D eigenvalue weighted by Gasteiger charge is -2.27. The zero-order chi connectivity index (χ0) is 10.6. The quantitative estimate of drug-likeness (QED) is 0.679. The number of amides is 1. The van der Waals surface area contributed by atoms with Crippen molar-refractivity contribution in [3.05, 3.63) is 0 Å². The van der Waals surface area contributed by atoms with Crippen LogP contribution in [-0.2, 0) is 4.79 Å². The number of carbonyl (C=O) groups is 1. The van der Waals surface area contributed by atoms with E-state index in [1.807, 2.05) is 0 Å². The van der Waals surface area contributed by atoms with E-state index in [1.54, 1.807) is 13.8 Å². The second kappa shape index (κ2) is 4.48. The fourth-order valence-corrected chi connectivity index (χ4v) is 1.04. The lowest BCUT2D eigenvalue weighted by Crippen LogP contribution is -2.45. The van der Waals surface area contributed by atoms with Crippen molar-refractivity contribution in [2.24, 2.45) is 0 Å². The van der Waals surface area contributed by atoms with Gasteiger partial charge in [0.05, 0.1) is 0 Å². The summed E-state index contributed by atoms with van der Waals surface area (Å²) in [4.78, 5) is 11.6. The van der Waals surface area contributed by atoms with Crippen molar-refractivity contribution >= 4 is 5.91 Å². The Morgan fingerprint density at radius 3 is 2.08 bits per heavy atom. The van der Waals surface area contributed by atoms with Gasteiger partial charge in [-0.1, -0.05) is 6.92 Å². The van der Waals surface area contributed by atoms with Crippen LogP contribution in [0.25, 0.3) is 0 Å². The number of rotatable bonds is 3. The maximum atomic E-state index is 12.0. The van der Waals surface area contributed by atoms with Crippen LogP contribution >= 0.6 is 0 Å². The molecule has 2 nitrogen and oxygen atoms in total. The maximum absolute atomic E-state index is 12.0. The second-order valence-corrected chi connectivity index (χ2v) is 2.85. The third kappa shape index (κ3) is 3.24. The minimum absolute atomic E-state index is 0.0906. The third-order valence-corrected chi connectivity index (χ3v) is 1.97. The van der Waals surface area contributed by atoms with Crippen molar-refractivity contribution in [3.8, 4) is 0 Å². The van der Waals surface area contributed by atoms with Gasteiger partial charge in [-0.2, -0.15) is 13.2 Å². The van der Waals surface area contributed by atoms with Gasteiger partial charge in [0, 0.05) is 12.6 Å². The number of hydrogen-bond donors (Lipinski definition) is 0. The first-order valence-corrected chi connectivity index (χ1v) is 4.22. The number of alkyl halides is 3. The highest BCUT2D eigenvalue weighted by Crippen LogP contribution is 2.20. The molecule has 0 aliphatic carbocycles. The second-order valence-electron chi connectivity index (χ2n) is 2.85. The number of hydrogen-bond acceptors (Lipinski definition) is 1. The first kappa shape index (κ1) is 12.3. The highest BCUT2D eigenvalue weighted by molar-refractivity contribution is 5.82. The van der Waals surface area contributed by atoms with E-state index in [0.717, 1.165) is 4.90 Å². The van der Waals surface area contributed by atoms with E-state index in [1.165, 1.54) is 6.92 Å². The van der Waals surface area contributed by atoms with E-state index >= 15 is 0 Å². The molecule has 0 radical (unpaired) electrons. The molecule has 0 aromatic heterocycles. The Balaban J connectivity index is 4.50. The summed E-state index contributed by atoms with van der Waals surface area (Å²) in [5.41, 5.74) is 0. The van der Waals surface area contributed by atoms with E-state index in [-0.39, 0.29) is 12.6 Å². The molecule has 1 atom stereocenters. The molecule has 0 heterocycles. The molecule has 0 aliphatic heterocycles. The fraction of sp³-hybridized carbons (Fsp3) is 0.875. The summed E-state index contributed by atoms with van der Waals surface area (Å²) in [5.74, 6) is -1.75. The molecule has 0 aliphatic rings. The van der Waals surface area contributed by atoms with Crippen LogP contribution in [0.4, 0.5) is 13.2 Å². The standard InChI is InChI=1S/C8H14F3NO/c1-4-6(3)12(5-2)7(13)8(9,10)11/h6H,4-5H2,1-3H3. The molecule has 5 heteroatoms. The minimum atomic E-state index is -4.75. The molecule has 0 fully saturated rings. The normalized spacial score (nSPS) is 14.0. The maximum Gasteiger partial charge on any atom is 0.471 e. The Kier molecular flexibility index (Phi) is 4.23. The molecule has 1 amide bonds. The average molecular weight is 197 g/mol. The molecule has 78 valence electrons. The van der Waals surface area contributed by atoms with Crippen LogP contribution in [0.1, 0.15) is 27.2 Å². The smallest absolute Gasteiger partial charge is 0.332 e. The summed E-state index contributed by atoms with van der Waals surface area (Å²) in [5, 5.41) is 0. The van der Waals surface area contributed by atoms with Crippen LogP contribution < -0.4 is 0 Å². The van der Waals surface area contributed by atoms with Gasteiger partial charge in [-0.25, -0.2) is 0 Å². The Hall–Kier alpha value is -0.740. The molecular weight excluding hydrogens is 183 g/mol. The van der Waals surface area contributed by atoms with Crippen molar-refractivity contribution in [3.63, 3.8) is 0 Å². The highest BCUT2D eigenvalue weighted by atomic mass is 19.4. The molecule has 0 spiro atoms. The van der Waals surface area contributed by atoms with Crippen molar-refractivity contribution in [1.29, 1.82) is 0 Å². The molecular formula is C8H14F3NO. The largest absolute Gasteiger partial charge is 0.471 e. The Morgan fingerprint density at radius 1 is 1.38 bits per heavy atom. The summed E-state index contributed by atoms with van der Waals surface area (Å²) < 4.78 is 36.0. The minimum Gasteiger partial charge on any atom is -0.332 e. The molecule has 0 aromatic rings. The zero-order valence-electron chi connectivity index (χ0n) is 7.98. The van der Waals surface area contributed by atoms with Gasteiger partial charge >= 0.3 is 12.1 Å². The lowest BCUT2D eigenvalue weighted by molar-refractivity contribution is -0.187. The summed E-state index contributed by atoms with van der Waals surface area (Å²) in [6, 6.07) is -0.362. The van der Waals surface area contributed by atoms with Crippen molar-refractivity contribution in [2.75, 3.05) is 6.54 Å². The molecule has 13 heavy (non-hydrogen) atoms. The van der Waals surface area contributed by atoms with Gasteiger partial charge < -0.3 is 4.90 Å². The molecule has 1 unspecified atom stereocenters. The Labute approximate surface area is 75.7 Å². The van der Waals surface area contributed by atoms with Gasteiger partial charge in [0.15, 0.2) is 0 Å². The average Bonchev–Trinajstić information content (AvgIpc) is 2.03. The SMILES string of the molecule is CCC(C)N(CC)C(=O)C(F)(F)F. The summed E-state index contributed by atoms with van der Waals surface area (Å²) in [6.07, 6.45) is -4.23. The zero-order valence-corrected chi connectivity index (χ0v) is 7.98. The van der Waals surface area contributed by atoms with E-state index in [9.17, 15) is 18.0 Å². The molecule has 0 rings (SSSR count).